The lowest BCUT2D eigenvalue weighted by molar-refractivity contribution is 0.208. The number of carbonyl (C=O) groups is 1. The summed E-state index contributed by atoms with van der Waals surface area (Å²) < 4.78 is 53.4. The number of rotatable bonds is 2. The van der Waals surface area contributed by atoms with Crippen molar-refractivity contribution in [2.75, 3.05) is 36.4 Å². The number of hydrogen-bond donors (Lipinski definition) is 1. The second kappa shape index (κ2) is 7.41. The number of halogens is 5. The monoisotopic (exact) mass is 387 g/mol. The van der Waals surface area contributed by atoms with Crippen molar-refractivity contribution < 1.29 is 22.4 Å². The Hall–Kier alpha value is -2.48. The van der Waals surface area contributed by atoms with Crippen LogP contribution in [-0.2, 0) is 0 Å². The standard InChI is InChI=1S/C17H14ClF4N3O/c18-11-9-10(1-2-12(11)19)23-17(26)25-7-5-24(6-8-25)14-4-3-13(20)15(21)16(14)22/h1-4,9H,5-8H2,(H,23,26). The number of amides is 2. The molecule has 0 saturated carbocycles. The summed E-state index contributed by atoms with van der Waals surface area (Å²) >= 11 is 5.67. The van der Waals surface area contributed by atoms with Crippen molar-refractivity contribution >= 4 is 29.0 Å². The maximum atomic E-state index is 13.9. The predicted molar refractivity (Wildman–Crippen MR) is 90.5 cm³/mol. The summed E-state index contributed by atoms with van der Waals surface area (Å²) in [5.41, 5.74) is 0.296. The third kappa shape index (κ3) is 3.70. The van der Waals surface area contributed by atoms with E-state index in [0.29, 0.717) is 5.69 Å². The summed E-state index contributed by atoms with van der Waals surface area (Å²) in [4.78, 5) is 15.3. The molecule has 0 unspecified atom stereocenters. The first-order chi connectivity index (χ1) is 12.4. The molecule has 1 fully saturated rings. The molecule has 0 spiro atoms. The number of nitrogens with one attached hydrogen (secondary N) is 1. The molecular formula is C17H14ClF4N3O. The van der Waals surface area contributed by atoms with Crippen molar-refractivity contribution in [2.24, 2.45) is 0 Å². The minimum Gasteiger partial charge on any atom is -0.366 e. The van der Waals surface area contributed by atoms with Crippen LogP contribution in [0.3, 0.4) is 0 Å². The molecule has 138 valence electrons. The fourth-order valence-corrected chi connectivity index (χ4v) is 2.87. The second-order valence-electron chi connectivity index (χ2n) is 5.73. The molecule has 26 heavy (non-hydrogen) atoms. The number of nitrogens with zero attached hydrogens (tertiary/aromatic N) is 2. The highest BCUT2D eigenvalue weighted by atomic mass is 35.5. The summed E-state index contributed by atoms with van der Waals surface area (Å²) in [6, 6.07) is 5.43. The van der Waals surface area contributed by atoms with E-state index in [1.54, 1.807) is 0 Å². The van der Waals surface area contributed by atoms with E-state index < -0.39 is 29.3 Å². The Morgan fingerprint density at radius 3 is 2.23 bits per heavy atom. The molecule has 0 aromatic heterocycles. The van der Waals surface area contributed by atoms with Gasteiger partial charge in [0.1, 0.15) is 5.82 Å². The molecule has 2 amide bonds. The second-order valence-corrected chi connectivity index (χ2v) is 6.13. The highest BCUT2D eigenvalue weighted by Crippen LogP contribution is 2.25. The van der Waals surface area contributed by atoms with Gasteiger partial charge in [0.2, 0.25) is 0 Å². The largest absolute Gasteiger partial charge is 0.366 e. The third-order valence-electron chi connectivity index (χ3n) is 4.09. The maximum Gasteiger partial charge on any atom is 0.321 e. The molecule has 9 heteroatoms. The number of urea groups is 1. The average Bonchev–Trinajstić information content (AvgIpc) is 2.63. The molecule has 3 rings (SSSR count). The van der Waals surface area contributed by atoms with E-state index in [0.717, 1.165) is 12.1 Å². The molecule has 1 aliphatic rings. The van der Waals surface area contributed by atoms with Gasteiger partial charge in [0, 0.05) is 31.9 Å². The van der Waals surface area contributed by atoms with E-state index in [1.807, 2.05) is 0 Å². The van der Waals surface area contributed by atoms with Gasteiger partial charge in [-0.3, -0.25) is 0 Å². The number of benzene rings is 2. The van der Waals surface area contributed by atoms with Crippen LogP contribution in [0.4, 0.5) is 33.7 Å². The number of piperazine rings is 1. The van der Waals surface area contributed by atoms with Gasteiger partial charge in [-0.2, -0.15) is 0 Å². The first kappa shape index (κ1) is 18.3. The molecule has 0 aliphatic carbocycles. The lowest BCUT2D eigenvalue weighted by Gasteiger charge is -2.36. The summed E-state index contributed by atoms with van der Waals surface area (Å²) in [5.74, 6) is -4.60. The van der Waals surface area contributed by atoms with Gasteiger partial charge in [-0.25, -0.2) is 22.4 Å². The summed E-state index contributed by atoms with van der Waals surface area (Å²) in [7, 11) is 0. The normalized spacial score (nSPS) is 14.5. The molecule has 0 radical (unpaired) electrons. The summed E-state index contributed by atoms with van der Waals surface area (Å²) in [6.45, 7) is 0.998. The number of hydrogen-bond acceptors (Lipinski definition) is 2. The molecule has 0 bridgehead atoms. The SMILES string of the molecule is O=C(Nc1ccc(F)c(Cl)c1)N1CCN(c2ccc(F)c(F)c2F)CC1. The Morgan fingerprint density at radius 1 is 0.923 bits per heavy atom. The minimum atomic E-state index is -1.52. The summed E-state index contributed by atoms with van der Waals surface area (Å²) in [5, 5.41) is 2.49. The van der Waals surface area contributed by atoms with Crippen LogP contribution in [0.25, 0.3) is 0 Å². The van der Waals surface area contributed by atoms with Gasteiger partial charge in [-0.1, -0.05) is 11.6 Å². The number of anilines is 2. The van der Waals surface area contributed by atoms with Crippen molar-refractivity contribution in [1.29, 1.82) is 0 Å². The zero-order chi connectivity index (χ0) is 18.8. The lowest BCUT2D eigenvalue weighted by atomic mass is 10.2. The van der Waals surface area contributed by atoms with Gasteiger partial charge >= 0.3 is 6.03 Å². The lowest BCUT2D eigenvalue weighted by Crippen LogP contribution is -2.50. The maximum absolute atomic E-state index is 13.9. The van der Waals surface area contributed by atoms with Crippen LogP contribution in [-0.4, -0.2) is 37.1 Å². The zero-order valence-corrected chi connectivity index (χ0v) is 14.2. The Bertz CT molecular complexity index is 841. The fourth-order valence-electron chi connectivity index (χ4n) is 2.69. The number of carbonyl (C=O) groups excluding carboxylic acids is 1. The van der Waals surface area contributed by atoms with Crippen LogP contribution < -0.4 is 10.2 Å². The van der Waals surface area contributed by atoms with E-state index >= 15 is 0 Å². The van der Waals surface area contributed by atoms with Crippen LogP contribution in [0.2, 0.25) is 5.02 Å². The molecular weight excluding hydrogens is 374 g/mol. The van der Waals surface area contributed by atoms with Gasteiger partial charge in [0.25, 0.3) is 0 Å². The zero-order valence-electron chi connectivity index (χ0n) is 13.4. The van der Waals surface area contributed by atoms with Crippen molar-refractivity contribution in [2.45, 2.75) is 0 Å². The highest BCUT2D eigenvalue weighted by Gasteiger charge is 2.25. The van der Waals surface area contributed by atoms with Crippen molar-refractivity contribution in [3.63, 3.8) is 0 Å². The molecule has 2 aromatic rings. The molecule has 1 aliphatic heterocycles. The molecule has 0 atom stereocenters. The van der Waals surface area contributed by atoms with E-state index in [4.69, 9.17) is 11.6 Å². The van der Waals surface area contributed by atoms with E-state index in [1.165, 1.54) is 28.0 Å². The van der Waals surface area contributed by atoms with Gasteiger partial charge < -0.3 is 15.1 Å². The fraction of sp³-hybridized carbons (Fsp3) is 0.235. The molecule has 4 nitrogen and oxygen atoms in total. The first-order valence-electron chi connectivity index (χ1n) is 7.76. The van der Waals surface area contributed by atoms with Crippen LogP contribution in [0, 0.1) is 23.3 Å². The predicted octanol–water partition coefficient (Wildman–Crippen LogP) is 4.25. The Balaban J connectivity index is 1.62. The highest BCUT2D eigenvalue weighted by molar-refractivity contribution is 6.31. The summed E-state index contributed by atoms with van der Waals surface area (Å²) in [6.07, 6.45) is 0. The van der Waals surface area contributed by atoms with Crippen molar-refractivity contribution in [3.8, 4) is 0 Å². The molecule has 2 aromatic carbocycles. The topological polar surface area (TPSA) is 35.6 Å². The Morgan fingerprint density at radius 2 is 1.58 bits per heavy atom. The van der Waals surface area contributed by atoms with Crippen LogP contribution in [0.1, 0.15) is 0 Å². The molecule has 1 heterocycles. The van der Waals surface area contributed by atoms with Gasteiger partial charge in [0.05, 0.1) is 10.7 Å². The molecule has 1 saturated heterocycles. The Labute approximate surface area is 152 Å². The van der Waals surface area contributed by atoms with Crippen molar-refractivity contribution in [3.05, 3.63) is 58.6 Å². The Kier molecular flexibility index (Phi) is 5.22. The van der Waals surface area contributed by atoms with Crippen molar-refractivity contribution in [1.82, 2.24) is 4.90 Å². The van der Waals surface area contributed by atoms with Crippen LogP contribution in [0.15, 0.2) is 30.3 Å². The van der Waals surface area contributed by atoms with Crippen LogP contribution in [0.5, 0.6) is 0 Å². The van der Waals surface area contributed by atoms with E-state index in [-0.39, 0.29) is 36.9 Å². The average molecular weight is 388 g/mol. The van der Waals surface area contributed by atoms with Crippen LogP contribution >= 0.6 is 11.6 Å². The first-order valence-corrected chi connectivity index (χ1v) is 8.14. The smallest absolute Gasteiger partial charge is 0.321 e. The van der Waals surface area contributed by atoms with E-state index in [9.17, 15) is 22.4 Å². The quantitative estimate of drug-likeness (QED) is 0.617. The van der Waals surface area contributed by atoms with Gasteiger partial charge in [-0.15, -0.1) is 0 Å². The van der Waals surface area contributed by atoms with E-state index in [2.05, 4.69) is 5.32 Å². The van der Waals surface area contributed by atoms with Gasteiger partial charge in [-0.05, 0) is 30.3 Å². The third-order valence-corrected chi connectivity index (χ3v) is 4.38. The minimum absolute atomic E-state index is 0.0470. The molecule has 1 N–H and O–H groups in total. The van der Waals surface area contributed by atoms with Gasteiger partial charge in [0.15, 0.2) is 17.5 Å².